The summed E-state index contributed by atoms with van der Waals surface area (Å²) in [6.45, 7) is 0. The van der Waals surface area contributed by atoms with Crippen LogP contribution in [0, 0.1) is 5.82 Å². The predicted molar refractivity (Wildman–Crippen MR) is 94.2 cm³/mol. The van der Waals surface area contributed by atoms with Crippen LogP contribution in [0.3, 0.4) is 0 Å². The summed E-state index contributed by atoms with van der Waals surface area (Å²) in [5.74, 6) is -0.652. The fraction of sp³-hybridized carbons (Fsp3) is 0.294. The largest absolute Gasteiger partial charge is 0.286 e. The summed E-state index contributed by atoms with van der Waals surface area (Å²) in [6.07, 6.45) is 2.84. The van der Waals surface area contributed by atoms with Gasteiger partial charge in [0.15, 0.2) is 5.13 Å². The molecule has 2 aromatic rings. The van der Waals surface area contributed by atoms with Gasteiger partial charge < -0.3 is 0 Å². The zero-order valence-corrected chi connectivity index (χ0v) is 14.7. The SMILES string of the molecule is CN1N=C(C(=O)N(C)c2ncc(Cc3cccc(F)c3)s2)CCC1=O. The maximum atomic E-state index is 13.3. The van der Waals surface area contributed by atoms with E-state index in [2.05, 4.69) is 10.1 Å². The van der Waals surface area contributed by atoms with E-state index in [9.17, 15) is 14.0 Å². The maximum absolute atomic E-state index is 13.3. The Morgan fingerprint density at radius 3 is 2.92 bits per heavy atom. The molecule has 0 unspecified atom stereocenters. The van der Waals surface area contributed by atoms with Crippen molar-refractivity contribution in [3.05, 3.63) is 46.7 Å². The number of thiazole rings is 1. The average molecular weight is 360 g/mol. The molecule has 0 atom stereocenters. The monoisotopic (exact) mass is 360 g/mol. The number of aromatic nitrogens is 1. The van der Waals surface area contributed by atoms with Gasteiger partial charge in [-0.25, -0.2) is 14.4 Å². The van der Waals surface area contributed by atoms with Gasteiger partial charge >= 0.3 is 0 Å². The van der Waals surface area contributed by atoms with Crippen LogP contribution in [0.25, 0.3) is 0 Å². The summed E-state index contributed by atoms with van der Waals surface area (Å²) in [5.41, 5.74) is 1.19. The number of amides is 2. The summed E-state index contributed by atoms with van der Waals surface area (Å²) < 4.78 is 13.3. The van der Waals surface area contributed by atoms with Crippen molar-refractivity contribution in [2.24, 2.45) is 5.10 Å². The third-order valence-corrected chi connectivity index (χ3v) is 4.93. The zero-order valence-electron chi connectivity index (χ0n) is 13.9. The van der Waals surface area contributed by atoms with E-state index in [0.717, 1.165) is 10.4 Å². The van der Waals surface area contributed by atoms with Crippen molar-refractivity contribution in [1.29, 1.82) is 0 Å². The first-order valence-corrected chi connectivity index (χ1v) is 8.57. The molecule has 3 rings (SSSR count). The average Bonchev–Trinajstić information content (AvgIpc) is 3.04. The second kappa shape index (κ2) is 7.10. The van der Waals surface area contributed by atoms with Gasteiger partial charge in [-0.3, -0.25) is 14.5 Å². The van der Waals surface area contributed by atoms with Crippen LogP contribution in [0.4, 0.5) is 9.52 Å². The molecule has 0 saturated carbocycles. The smallest absolute Gasteiger partial charge is 0.276 e. The number of nitrogens with zero attached hydrogens (tertiary/aromatic N) is 4. The fourth-order valence-electron chi connectivity index (χ4n) is 2.49. The minimum atomic E-state index is -0.275. The number of benzene rings is 1. The summed E-state index contributed by atoms with van der Waals surface area (Å²) >= 11 is 1.37. The molecule has 8 heteroatoms. The van der Waals surface area contributed by atoms with E-state index >= 15 is 0 Å². The van der Waals surface area contributed by atoms with Crippen molar-refractivity contribution >= 4 is 34.0 Å². The van der Waals surface area contributed by atoms with Crippen LogP contribution in [0.2, 0.25) is 0 Å². The van der Waals surface area contributed by atoms with Crippen LogP contribution in [-0.4, -0.2) is 41.6 Å². The van der Waals surface area contributed by atoms with Gasteiger partial charge in [0.1, 0.15) is 11.5 Å². The maximum Gasteiger partial charge on any atom is 0.276 e. The van der Waals surface area contributed by atoms with Crippen molar-refractivity contribution in [1.82, 2.24) is 9.99 Å². The van der Waals surface area contributed by atoms with Crippen molar-refractivity contribution in [3.8, 4) is 0 Å². The first-order valence-electron chi connectivity index (χ1n) is 7.75. The molecule has 0 N–H and O–H groups in total. The minimum Gasteiger partial charge on any atom is -0.286 e. The lowest BCUT2D eigenvalue weighted by Crippen LogP contribution is -2.38. The van der Waals surface area contributed by atoms with Gasteiger partial charge in [-0.1, -0.05) is 12.1 Å². The second-order valence-corrected chi connectivity index (χ2v) is 6.84. The summed E-state index contributed by atoms with van der Waals surface area (Å²) in [5, 5.41) is 5.78. The topological polar surface area (TPSA) is 65.9 Å². The number of anilines is 1. The molecule has 2 heterocycles. The third kappa shape index (κ3) is 3.90. The molecule has 130 valence electrons. The van der Waals surface area contributed by atoms with E-state index in [1.54, 1.807) is 19.3 Å². The molecular weight excluding hydrogens is 343 g/mol. The van der Waals surface area contributed by atoms with Crippen molar-refractivity contribution in [2.45, 2.75) is 19.3 Å². The van der Waals surface area contributed by atoms with E-state index in [-0.39, 0.29) is 24.1 Å². The standard InChI is InChI=1S/C17H17FN4O2S/c1-21(16(24)14-6-7-15(23)22(2)20-14)17-19-10-13(25-17)9-11-4-3-5-12(18)8-11/h3-5,8,10H,6-7,9H2,1-2H3. The lowest BCUT2D eigenvalue weighted by atomic mass is 10.1. The Morgan fingerprint density at radius 2 is 2.20 bits per heavy atom. The number of carbonyl (C=O) groups excluding carboxylic acids is 2. The van der Waals surface area contributed by atoms with Crippen molar-refractivity contribution in [2.75, 3.05) is 19.0 Å². The van der Waals surface area contributed by atoms with E-state index < -0.39 is 0 Å². The summed E-state index contributed by atoms with van der Waals surface area (Å²) in [7, 11) is 3.17. The number of hydrogen-bond acceptors (Lipinski definition) is 5. The molecule has 0 radical (unpaired) electrons. The van der Waals surface area contributed by atoms with Crippen LogP contribution in [0.1, 0.15) is 23.3 Å². The van der Waals surface area contributed by atoms with Crippen LogP contribution < -0.4 is 4.90 Å². The van der Waals surface area contributed by atoms with Gasteiger partial charge in [0.2, 0.25) is 5.91 Å². The quantitative estimate of drug-likeness (QED) is 0.841. The van der Waals surface area contributed by atoms with Gasteiger partial charge in [-0.2, -0.15) is 5.10 Å². The van der Waals surface area contributed by atoms with Gasteiger partial charge in [0.05, 0.1) is 0 Å². The van der Waals surface area contributed by atoms with E-state index in [0.29, 0.717) is 23.7 Å². The summed E-state index contributed by atoms with van der Waals surface area (Å²) in [4.78, 5) is 30.6. The molecule has 0 fully saturated rings. The Morgan fingerprint density at radius 1 is 1.40 bits per heavy atom. The number of hydrazone groups is 1. The lowest BCUT2D eigenvalue weighted by Gasteiger charge is -2.21. The highest BCUT2D eigenvalue weighted by atomic mass is 32.1. The van der Waals surface area contributed by atoms with E-state index in [1.165, 1.54) is 40.4 Å². The number of rotatable bonds is 4. The van der Waals surface area contributed by atoms with Crippen LogP contribution in [-0.2, 0) is 16.0 Å². The fourth-order valence-corrected chi connectivity index (χ4v) is 3.39. The molecule has 0 spiro atoms. The Labute approximate surface area is 148 Å². The molecule has 25 heavy (non-hydrogen) atoms. The van der Waals surface area contributed by atoms with Crippen LogP contribution in [0.5, 0.6) is 0 Å². The molecule has 0 bridgehead atoms. The lowest BCUT2D eigenvalue weighted by molar-refractivity contribution is -0.130. The van der Waals surface area contributed by atoms with Gasteiger partial charge in [-0.05, 0) is 17.7 Å². The molecule has 6 nitrogen and oxygen atoms in total. The van der Waals surface area contributed by atoms with Crippen LogP contribution in [0.15, 0.2) is 35.6 Å². The molecule has 1 aliphatic heterocycles. The molecule has 1 aliphatic rings. The first-order chi connectivity index (χ1) is 11.9. The molecule has 1 aromatic carbocycles. The molecule has 0 saturated heterocycles. The highest BCUT2D eigenvalue weighted by Crippen LogP contribution is 2.25. The Balaban J connectivity index is 1.72. The number of hydrogen-bond donors (Lipinski definition) is 0. The molecule has 2 amide bonds. The van der Waals surface area contributed by atoms with Crippen molar-refractivity contribution < 1.29 is 14.0 Å². The minimum absolute atomic E-state index is 0.106. The highest BCUT2D eigenvalue weighted by Gasteiger charge is 2.26. The van der Waals surface area contributed by atoms with Gasteiger partial charge in [-0.15, -0.1) is 11.3 Å². The Hall–Kier alpha value is -2.61. The predicted octanol–water partition coefficient (Wildman–Crippen LogP) is 2.44. The first kappa shape index (κ1) is 17.2. The van der Waals surface area contributed by atoms with E-state index in [1.807, 2.05) is 6.07 Å². The zero-order chi connectivity index (χ0) is 18.0. The third-order valence-electron chi connectivity index (χ3n) is 3.85. The van der Waals surface area contributed by atoms with Gasteiger partial charge in [0, 0.05) is 44.4 Å². The second-order valence-electron chi connectivity index (χ2n) is 5.74. The van der Waals surface area contributed by atoms with Crippen LogP contribution >= 0.6 is 11.3 Å². The van der Waals surface area contributed by atoms with E-state index in [4.69, 9.17) is 0 Å². The normalized spacial score (nSPS) is 14.4. The van der Waals surface area contributed by atoms with Crippen molar-refractivity contribution in [3.63, 3.8) is 0 Å². The number of halogens is 1. The van der Waals surface area contributed by atoms with Gasteiger partial charge in [0.25, 0.3) is 5.91 Å². The number of carbonyl (C=O) groups is 2. The molecular formula is C17H17FN4O2S. The Bertz CT molecular complexity index is 849. The summed E-state index contributed by atoms with van der Waals surface area (Å²) in [6, 6.07) is 6.40. The Kier molecular flexibility index (Phi) is 4.89. The molecule has 0 aliphatic carbocycles. The highest BCUT2D eigenvalue weighted by molar-refractivity contribution is 7.15. The molecule has 1 aromatic heterocycles.